The highest BCUT2D eigenvalue weighted by Crippen LogP contribution is 2.55. The van der Waals surface area contributed by atoms with Crippen LogP contribution in [0.15, 0.2) is 24.3 Å². The number of ether oxygens (including phenoxy) is 2. The summed E-state index contributed by atoms with van der Waals surface area (Å²) in [4.78, 5) is 14.5. The summed E-state index contributed by atoms with van der Waals surface area (Å²) in [5.41, 5.74) is 2.16. The van der Waals surface area contributed by atoms with Gasteiger partial charge in [0, 0.05) is 18.5 Å². The molecule has 132 valence electrons. The van der Waals surface area contributed by atoms with Crippen LogP contribution in [0.25, 0.3) is 0 Å². The number of carbonyl (C=O) groups is 1. The smallest absolute Gasteiger partial charge is 0.314 e. The minimum Gasteiger partial charge on any atom is -0.485 e. The lowest BCUT2D eigenvalue weighted by molar-refractivity contribution is -0.135. The van der Waals surface area contributed by atoms with Gasteiger partial charge in [0.25, 0.3) is 0 Å². The van der Waals surface area contributed by atoms with E-state index < -0.39 is 6.10 Å². The van der Waals surface area contributed by atoms with Crippen LogP contribution in [0.2, 0.25) is 0 Å². The van der Waals surface area contributed by atoms with E-state index in [2.05, 4.69) is 24.1 Å². The second kappa shape index (κ2) is 5.32. The molecule has 1 aromatic rings. The van der Waals surface area contributed by atoms with Crippen LogP contribution >= 0.6 is 0 Å². The lowest BCUT2D eigenvalue weighted by atomic mass is 9.69. The average Bonchev–Trinajstić information content (AvgIpc) is 3.38. The zero-order valence-electron chi connectivity index (χ0n) is 14.4. The zero-order valence-corrected chi connectivity index (χ0v) is 14.4. The first-order chi connectivity index (χ1) is 12.1. The zero-order chi connectivity index (χ0) is 17.2. The third kappa shape index (κ3) is 2.33. The number of aliphatic hydroxyl groups is 1. The molecule has 5 nitrogen and oxygen atoms in total. The van der Waals surface area contributed by atoms with Gasteiger partial charge in [0.2, 0.25) is 0 Å². The molecule has 1 fully saturated rings. The van der Waals surface area contributed by atoms with E-state index in [9.17, 15) is 9.90 Å². The molecule has 1 saturated carbocycles. The summed E-state index contributed by atoms with van der Waals surface area (Å²) in [6.07, 6.45) is 6.81. The number of hydrogen-bond acceptors (Lipinski definition) is 5. The lowest BCUT2D eigenvalue weighted by Crippen LogP contribution is -2.42. The predicted molar refractivity (Wildman–Crippen MR) is 91.6 cm³/mol. The normalized spacial score (nSPS) is 33.2. The molecule has 2 heterocycles. The van der Waals surface area contributed by atoms with Crippen molar-refractivity contribution in [2.75, 3.05) is 13.6 Å². The first-order valence-corrected chi connectivity index (χ1v) is 9.17. The van der Waals surface area contributed by atoms with Crippen molar-refractivity contribution in [1.82, 2.24) is 4.90 Å². The van der Waals surface area contributed by atoms with Crippen molar-refractivity contribution in [3.63, 3.8) is 0 Å². The Bertz CT molecular complexity index is 769. The molecule has 5 rings (SSSR count). The maximum atomic E-state index is 12.2. The lowest BCUT2D eigenvalue weighted by Gasteiger charge is -2.35. The van der Waals surface area contributed by atoms with Gasteiger partial charge in [0.05, 0.1) is 17.4 Å². The summed E-state index contributed by atoms with van der Waals surface area (Å²) in [6.45, 7) is 1.82. The van der Waals surface area contributed by atoms with Crippen LogP contribution in [0.5, 0.6) is 11.5 Å². The van der Waals surface area contributed by atoms with E-state index in [1.54, 1.807) is 0 Å². The predicted octanol–water partition coefficient (Wildman–Crippen LogP) is 2.16. The van der Waals surface area contributed by atoms with Gasteiger partial charge in [-0.1, -0.05) is 18.2 Å². The van der Waals surface area contributed by atoms with E-state index in [1.165, 1.54) is 5.56 Å². The molecule has 0 aromatic heterocycles. The number of hydrogen-bond donors (Lipinski definition) is 1. The quantitative estimate of drug-likeness (QED) is 0.507. The number of esters is 1. The van der Waals surface area contributed by atoms with Crippen LogP contribution in [0.3, 0.4) is 0 Å². The number of benzene rings is 1. The molecular weight excluding hydrogens is 318 g/mol. The highest BCUT2D eigenvalue weighted by atomic mass is 16.6. The Morgan fingerprint density at radius 1 is 1.40 bits per heavy atom. The van der Waals surface area contributed by atoms with Gasteiger partial charge in [0.15, 0.2) is 11.5 Å². The Balaban J connectivity index is 1.63. The first kappa shape index (κ1) is 15.4. The van der Waals surface area contributed by atoms with Gasteiger partial charge in [-0.25, -0.2) is 0 Å². The van der Waals surface area contributed by atoms with Crippen LogP contribution < -0.4 is 9.47 Å². The van der Waals surface area contributed by atoms with Crippen LogP contribution in [0.4, 0.5) is 0 Å². The fraction of sp³-hybridized carbons (Fsp3) is 0.550. The van der Waals surface area contributed by atoms with Gasteiger partial charge in [0.1, 0.15) is 6.10 Å². The molecule has 25 heavy (non-hydrogen) atoms. The molecule has 0 amide bonds. The Morgan fingerprint density at radius 3 is 3.04 bits per heavy atom. The third-order valence-electron chi connectivity index (χ3n) is 6.05. The van der Waals surface area contributed by atoms with Crippen molar-refractivity contribution in [2.24, 2.45) is 5.92 Å². The van der Waals surface area contributed by atoms with Gasteiger partial charge in [-0.15, -0.1) is 0 Å². The van der Waals surface area contributed by atoms with E-state index in [4.69, 9.17) is 9.47 Å². The van der Waals surface area contributed by atoms with Gasteiger partial charge >= 0.3 is 5.97 Å². The molecule has 4 aliphatic rings. The van der Waals surface area contributed by atoms with E-state index >= 15 is 0 Å². The fourth-order valence-electron chi connectivity index (χ4n) is 4.51. The standard InChI is InChI=1S/C20H23NO4/c1-21-9-8-20-7-6-14(22)10-16(20)25-18-15(24-19(23)12-2-3-12)5-4-13(11-21)17(18)20/h4-7,12,14,16,22H,2-3,8-11H2,1H3/t14-,16?,20?/m0/s1. The molecule has 5 heteroatoms. The Kier molecular flexibility index (Phi) is 3.28. The highest BCUT2D eigenvalue weighted by molar-refractivity contribution is 5.79. The Morgan fingerprint density at radius 2 is 2.24 bits per heavy atom. The minimum absolute atomic E-state index is 0.0523. The summed E-state index contributed by atoms with van der Waals surface area (Å²) in [5.74, 6) is 1.16. The monoisotopic (exact) mass is 341 g/mol. The van der Waals surface area contributed by atoms with Gasteiger partial charge in [-0.3, -0.25) is 4.79 Å². The third-order valence-corrected chi connectivity index (χ3v) is 6.05. The first-order valence-electron chi connectivity index (χ1n) is 9.17. The van der Waals surface area contributed by atoms with Crippen molar-refractivity contribution in [3.8, 4) is 11.5 Å². The molecule has 0 saturated heterocycles. The van der Waals surface area contributed by atoms with Crippen LogP contribution in [-0.2, 0) is 16.8 Å². The van der Waals surface area contributed by atoms with Crippen LogP contribution in [-0.4, -0.2) is 41.8 Å². The number of nitrogens with zero attached hydrogens (tertiary/aromatic N) is 1. The van der Waals surface area contributed by atoms with E-state index in [1.807, 2.05) is 12.1 Å². The second-order valence-electron chi connectivity index (χ2n) is 7.92. The van der Waals surface area contributed by atoms with Crippen LogP contribution in [0.1, 0.15) is 36.8 Å². The molecule has 2 unspecified atom stereocenters. The van der Waals surface area contributed by atoms with Crippen molar-refractivity contribution in [2.45, 2.75) is 49.9 Å². The maximum Gasteiger partial charge on any atom is 0.314 e. The van der Waals surface area contributed by atoms with E-state index in [0.717, 1.165) is 37.9 Å². The summed E-state index contributed by atoms with van der Waals surface area (Å²) < 4.78 is 12.0. The summed E-state index contributed by atoms with van der Waals surface area (Å²) in [7, 11) is 2.13. The largest absolute Gasteiger partial charge is 0.485 e. The molecule has 3 atom stereocenters. The second-order valence-corrected chi connectivity index (χ2v) is 7.92. The molecule has 0 bridgehead atoms. The van der Waals surface area contributed by atoms with Gasteiger partial charge in [-0.2, -0.15) is 0 Å². The molecule has 2 aliphatic heterocycles. The average molecular weight is 341 g/mol. The van der Waals surface area contributed by atoms with E-state index in [0.29, 0.717) is 17.9 Å². The van der Waals surface area contributed by atoms with Gasteiger partial charge < -0.3 is 19.5 Å². The summed E-state index contributed by atoms with van der Waals surface area (Å²) in [6, 6.07) is 3.95. The molecular formula is C20H23NO4. The Hall–Kier alpha value is -1.85. The number of carbonyl (C=O) groups excluding carboxylic acids is 1. The molecule has 1 aromatic carbocycles. The Labute approximate surface area is 147 Å². The molecule has 1 N–H and O–H groups in total. The molecule has 2 aliphatic carbocycles. The van der Waals surface area contributed by atoms with Gasteiger partial charge in [-0.05, 0) is 44.5 Å². The minimum atomic E-state index is -0.480. The summed E-state index contributed by atoms with van der Waals surface area (Å²) in [5, 5.41) is 10.1. The highest BCUT2D eigenvalue weighted by Gasteiger charge is 2.52. The van der Waals surface area contributed by atoms with Crippen molar-refractivity contribution < 1.29 is 19.4 Å². The van der Waals surface area contributed by atoms with Crippen LogP contribution in [0, 0.1) is 5.92 Å². The van der Waals surface area contributed by atoms with Crippen molar-refractivity contribution in [1.29, 1.82) is 0 Å². The SMILES string of the molecule is CN1CCC23C=C[C@H](O)CC2Oc2c(OC(=O)C4CC4)ccc(c23)C1. The maximum absolute atomic E-state index is 12.2. The molecule has 0 radical (unpaired) electrons. The van der Waals surface area contributed by atoms with Crippen molar-refractivity contribution >= 4 is 5.97 Å². The van der Waals surface area contributed by atoms with E-state index in [-0.39, 0.29) is 23.4 Å². The fourth-order valence-corrected chi connectivity index (χ4v) is 4.51. The number of aliphatic hydroxyl groups excluding tert-OH is 1. The topological polar surface area (TPSA) is 59.0 Å². The summed E-state index contributed by atoms with van der Waals surface area (Å²) >= 11 is 0. The molecule has 1 spiro atoms. The number of rotatable bonds is 2. The van der Waals surface area contributed by atoms with Crippen molar-refractivity contribution in [3.05, 3.63) is 35.4 Å².